The first-order valence-corrected chi connectivity index (χ1v) is 11.2. The number of halogens is 1. The maximum atomic E-state index is 13.2. The largest absolute Gasteiger partial charge is 0.494 e. The van der Waals surface area contributed by atoms with Gasteiger partial charge in [0, 0.05) is 30.3 Å². The Kier molecular flexibility index (Phi) is 8.21. The number of rotatable bonds is 8. The van der Waals surface area contributed by atoms with Crippen molar-refractivity contribution < 1.29 is 19.2 Å². The third kappa shape index (κ3) is 6.45. The predicted molar refractivity (Wildman–Crippen MR) is 139 cm³/mol. The second-order valence-electron chi connectivity index (χ2n) is 7.57. The normalized spacial score (nSPS) is 10.9. The lowest BCUT2D eigenvalue weighted by molar-refractivity contribution is -0.384. The standard InChI is InChI=1S/C25H23BrN4O5/c1-29(2)17-10-8-16(9-11-17)14-22(28-24(31)19-6-4-5-7-20(19)26)25(32)27-21-13-12-18(30(33)34)15-23(21)35-3/h4-15H,1-3H3,(H,27,32)(H,28,31)/b22-14+. The Balaban J connectivity index is 1.95. The summed E-state index contributed by atoms with van der Waals surface area (Å²) < 4.78 is 5.77. The quantitative estimate of drug-likeness (QED) is 0.241. The van der Waals surface area contributed by atoms with Gasteiger partial charge in [-0.15, -0.1) is 0 Å². The molecule has 0 radical (unpaired) electrons. The number of nitrogens with zero attached hydrogens (tertiary/aromatic N) is 2. The Morgan fingerprint density at radius 2 is 1.74 bits per heavy atom. The SMILES string of the molecule is COc1cc([N+](=O)[O-])ccc1NC(=O)/C(=C\c1ccc(N(C)C)cc1)NC(=O)c1ccccc1Br. The van der Waals surface area contributed by atoms with Gasteiger partial charge < -0.3 is 20.3 Å². The number of nitrogens with one attached hydrogen (secondary N) is 2. The molecular weight excluding hydrogens is 516 g/mol. The monoisotopic (exact) mass is 538 g/mol. The van der Waals surface area contributed by atoms with Crippen LogP contribution < -0.4 is 20.3 Å². The average molecular weight is 539 g/mol. The Morgan fingerprint density at radius 3 is 2.34 bits per heavy atom. The molecule has 2 N–H and O–H groups in total. The highest BCUT2D eigenvalue weighted by molar-refractivity contribution is 9.10. The lowest BCUT2D eigenvalue weighted by Gasteiger charge is -2.14. The molecule has 0 unspecified atom stereocenters. The van der Waals surface area contributed by atoms with Gasteiger partial charge in [0.2, 0.25) is 0 Å². The molecule has 10 heteroatoms. The number of anilines is 2. The molecule has 3 aromatic carbocycles. The van der Waals surface area contributed by atoms with Crippen LogP contribution in [0.4, 0.5) is 17.1 Å². The number of benzene rings is 3. The summed E-state index contributed by atoms with van der Waals surface area (Å²) >= 11 is 3.35. The fraction of sp³-hybridized carbons (Fsp3) is 0.120. The van der Waals surface area contributed by atoms with Crippen LogP contribution in [-0.2, 0) is 4.79 Å². The predicted octanol–water partition coefficient (Wildman–Crippen LogP) is 4.84. The van der Waals surface area contributed by atoms with Gasteiger partial charge in [0.1, 0.15) is 11.4 Å². The molecular formula is C25H23BrN4O5. The van der Waals surface area contributed by atoms with Gasteiger partial charge in [0.05, 0.1) is 29.4 Å². The summed E-state index contributed by atoms with van der Waals surface area (Å²) in [5, 5.41) is 16.4. The molecule has 3 aromatic rings. The minimum absolute atomic E-state index is 0.0243. The Labute approximate surface area is 210 Å². The van der Waals surface area contributed by atoms with Crippen molar-refractivity contribution in [2.45, 2.75) is 0 Å². The highest BCUT2D eigenvalue weighted by atomic mass is 79.9. The van der Waals surface area contributed by atoms with E-state index in [0.29, 0.717) is 15.6 Å². The first kappa shape index (κ1) is 25.4. The third-order valence-electron chi connectivity index (χ3n) is 4.98. The first-order valence-electron chi connectivity index (χ1n) is 10.4. The Hall–Kier alpha value is -4.18. The van der Waals surface area contributed by atoms with Gasteiger partial charge in [-0.05, 0) is 57.9 Å². The molecule has 0 bridgehead atoms. The van der Waals surface area contributed by atoms with E-state index < -0.39 is 16.7 Å². The lowest BCUT2D eigenvalue weighted by Crippen LogP contribution is -2.31. The number of carbonyl (C=O) groups excluding carboxylic acids is 2. The van der Waals surface area contributed by atoms with E-state index in [4.69, 9.17) is 4.74 Å². The van der Waals surface area contributed by atoms with Gasteiger partial charge >= 0.3 is 0 Å². The van der Waals surface area contributed by atoms with Crippen LogP contribution in [-0.4, -0.2) is 37.9 Å². The number of nitro groups is 1. The van der Waals surface area contributed by atoms with E-state index in [0.717, 1.165) is 5.69 Å². The van der Waals surface area contributed by atoms with Crippen LogP contribution in [0.1, 0.15) is 15.9 Å². The lowest BCUT2D eigenvalue weighted by atomic mass is 10.1. The van der Waals surface area contributed by atoms with Crippen molar-refractivity contribution in [2.75, 3.05) is 31.4 Å². The number of hydrogen-bond donors (Lipinski definition) is 2. The van der Waals surface area contributed by atoms with E-state index >= 15 is 0 Å². The maximum Gasteiger partial charge on any atom is 0.273 e. The van der Waals surface area contributed by atoms with Gasteiger partial charge in [-0.3, -0.25) is 19.7 Å². The molecule has 9 nitrogen and oxygen atoms in total. The maximum absolute atomic E-state index is 13.2. The smallest absolute Gasteiger partial charge is 0.273 e. The molecule has 3 rings (SSSR count). The van der Waals surface area contributed by atoms with Crippen LogP contribution >= 0.6 is 15.9 Å². The fourth-order valence-electron chi connectivity index (χ4n) is 3.12. The van der Waals surface area contributed by atoms with Crippen molar-refractivity contribution >= 4 is 50.9 Å². The van der Waals surface area contributed by atoms with Crippen molar-refractivity contribution in [2.24, 2.45) is 0 Å². The highest BCUT2D eigenvalue weighted by Gasteiger charge is 2.19. The zero-order valence-electron chi connectivity index (χ0n) is 19.2. The van der Waals surface area contributed by atoms with Crippen molar-refractivity contribution in [3.05, 3.63) is 98.1 Å². The molecule has 2 amide bonds. The zero-order chi connectivity index (χ0) is 25.5. The van der Waals surface area contributed by atoms with Crippen LogP contribution in [0.2, 0.25) is 0 Å². The van der Waals surface area contributed by atoms with Crippen LogP contribution in [0.25, 0.3) is 6.08 Å². The van der Waals surface area contributed by atoms with Crippen LogP contribution in [0, 0.1) is 10.1 Å². The van der Waals surface area contributed by atoms with E-state index in [1.54, 1.807) is 30.3 Å². The van der Waals surface area contributed by atoms with Crippen LogP contribution in [0.5, 0.6) is 5.75 Å². The Bertz CT molecular complexity index is 1290. The minimum atomic E-state index is -0.630. The molecule has 0 aliphatic rings. The molecule has 0 aromatic heterocycles. The number of non-ortho nitro benzene ring substituents is 1. The van der Waals surface area contributed by atoms with E-state index in [1.165, 1.54) is 25.3 Å². The number of hydrogen-bond acceptors (Lipinski definition) is 6. The summed E-state index contributed by atoms with van der Waals surface area (Å²) in [4.78, 5) is 38.6. The second kappa shape index (κ2) is 11.3. The third-order valence-corrected chi connectivity index (χ3v) is 5.67. The minimum Gasteiger partial charge on any atom is -0.494 e. The number of amides is 2. The van der Waals surface area contributed by atoms with Gasteiger partial charge in [0.25, 0.3) is 17.5 Å². The topological polar surface area (TPSA) is 114 Å². The van der Waals surface area contributed by atoms with Crippen LogP contribution in [0.3, 0.4) is 0 Å². The number of methoxy groups -OCH3 is 1. The van der Waals surface area contributed by atoms with Gasteiger partial charge in [-0.25, -0.2) is 0 Å². The zero-order valence-corrected chi connectivity index (χ0v) is 20.8. The molecule has 0 saturated carbocycles. The molecule has 0 aliphatic carbocycles. The molecule has 35 heavy (non-hydrogen) atoms. The summed E-state index contributed by atoms with van der Waals surface area (Å²) in [5.41, 5.74) is 2.02. The van der Waals surface area contributed by atoms with Gasteiger partial charge in [0.15, 0.2) is 0 Å². The van der Waals surface area contributed by atoms with Crippen LogP contribution in [0.15, 0.2) is 76.9 Å². The van der Waals surface area contributed by atoms with Crippen molar-refractivity contribution in [3.8, 4) is 5.75 Å². The average Bonchev–Trinajstić information content (AvgIpc) is 2.84. The number of carbonyl (C=O) groups is 2. The molecule has 0 spiro atoms. The van der Waals surface area contributed by atoms with Crippen molar-refractivity contribution in [1.82, 2.24) is 5.32 Å². The second-order valence-corrected chi connectivity index (χ2v) is 8.43. The Morgan fingerprint density at radius 1 is 1.06 bits per heavy atom. The molecule has 0 saturated heterocycles. The summed E-state index contributed by atoms with van der Waals surface area (Å²) in [5.74, 6) is -1.01. The summed E-state index contributed by atoms with van der Waals surface area (Å²) in [7, 11) is 5.17. The summed E-state index contributed by atoms with van der Waals surface area (Å²) in [6.07, 6.45) is 1.54. The number of nitro benzene ring substituents is 1. The van der Waals surface area contributed by atoms with E-state index in [9.17, 15) is 19.7 Å². The van der Waals surface area contributed by atoms with Gasteiger partial charge in [-0.1, -0.05) is 24.3 Å². The van der Waals surface area contributed by atoms with E-state index in [2.05, 4.69) is 26.6 Å². The summed E-state index contributed by atoms with van der Waals surface area (Å²) in [6, 6.07) is 18.1. The fourth-order valence-corrected chi connectivity index (χ4v) is 3.58. The molecule has 0 heterocycles. The first-order chi connectivity index (χ1) is 16.7. The molecule has 0 fully saturated rings. The van der Waals surface area contributed by atoms with E-state index in [-0.39, 0.29) is 22.8 Å². The van der Waals surface area contributed by atoms with Crippen molar-refractivity contribution in [1.29, 1.82) is 0 Å². The van der Waals surface area contributed by atoms with Crippen molar-refractivity contribution in [3.63, 3.8) is 0 Å². The molecule has 0 aliphatic heterocycles. The molecule has 0 atom stereocenters. The van der Waals surface area contributed by atoms with Gasteiger partial charge in [-0.2, -0.15) is 0 Å². The molecule has 180 valence electrons. The summed E-state index contributed by atoms with van der Waals surface area (Å²) in [6.45, 7) is 0. The highest BCUT2D eigenvalue weighted by Crippen LogP contribution is 2.29. The number of ether oxygens (including phenoxy) is 1. The van der Waals surface area contributed by atoms with E-state index in [1.807, 2.05) is 43.3 Å².